The molecule has 0 bridgehead atoms. The lowest BCUT2D eigenvalue weighted by atomic mass is 9.98. The molecule has 0 aliphatic rings. The van der Waals surface area contributed by atoms with E-state index in [9.17, 15) is 0 Å². The minimum atomic E-state index is 0.103. The van der Waals surface area contributed by atoms with Crippen LogP contribution < -0.4 is 9.47 Å². The third kappa shape index (κ3) is 4.26. The van der Waals surface area contributed by atoms with Crippen molar-refractivity contribution in [2.45, 2.75) is 0 Å². The topological polar surface area (TPSA) is 36.9 Å². The van der Waals surface area contributed by atoms with Gasteiger partial charge in [-0.15, -0.1) is 0 Å². The van der Waals surface area contributed by atoms with Gasteiger partial charge in [0.25, 0.3) is 0 Å². The van der Waals surface area contributed by atoms with E-state index in [0.717, 1.165) is 16.7 Å². The molecule has 5 heteroatoms. The third-order valence-electron chi connectivity index (χ3n) is 3.16. The second-order valence-corrected chi connectivity index (χ2v) is 5.10. The molecular weight excluding hydrogens is 316 g/mol. The molecule has 0 amide bonds. The Labute approximate surface area is 141 Å². The van der Waals surface area contributed by atoms with Gasteiger partial charge in [0.2, 0.25) is 0 Å². The van der Waals surface area contributed by atoms with Crippen molar-refractivity contribution in [2.24, 2.45) is 0 Å². The van der Waals surface area contributed by atoms with E-state index in [2.05, 4.69) is 6.58 Å². The molecule has 0 aliphatic heterocycles. The lowest BCUT2D eigenvalue weighted by molar-refractivity contribution is 0.0507. The summed E-state index contributed by atoms with van der Waals surface area (Å²) in [7, 11) is 3.13. The molecule has 0 fully saturated rings. The summed E-state index contributed by atoms with van der Waals surface area (Å²) in [5.41, 5.74) is 2.36. The highest BCUT2D eigenvalue weighted by Gasteiger charge is 2.15. The first kappa shape index (κ1) is 17.3. The summed E-state index contributed by atoms with van der Waals surface area (Å²) in [6.45, 7) is 4.44. The predicted molar refractivity (Wildman–Crippen MR) is 91.0 cm³/mol. The largest absolute Gasteiger partial charge is 0.467 e. The molecule has 0 radical (unpaired) electrons. The number of hydrogen-bond acceptors (Lipinski definition) is 4. The SMILES string of the molecule is C=C(c1ccccc1OCOC)c1cccc(Cl)c1OCOC. The van der Waals surface area contributed by atoms with Gasteiger partial charge in [0, 0.05) is 25.3 Å². The minimum absolute atomic E-state index is 0.103. The molecule has 0 heterocycles. The van der Waals surface area contributed by atoms with Gasteiger partial charge in [0.05, 0.1) is 5.02 Å². The Morgan fingerprint density at radius 1 is 0.913 bits per heavy atom. The summed E-state index contributed by atoms with van der Waals surface area (Å²) in [6, 6.07) is 13.1. The maximum absolute atomic E-state index is 6.25. The van der Waals surface area contributed by atoms with Gasteiger partial charge in [0.1, 0.15) is 11.5 Å². The molecule has 2 aromatic carbocycles. The first-order valence-electron chi connectivity index (χ1n) is 6.99. The smallest absolute Gasteiger partial charge is 0.188 e. The lowest BCUT2D eigenvalue weighted by Gasteiger charge is -2.17. The van der Waals surface area contributed by atoms with Crippen LogP contribution in [0.4, 0.5) is 0 Å². The molecule has 0 atom stereocenters. The Balaban J connectivity index is 2.39. The van der Waals surface area contributed by atoms with Crippen LogP contribution in [0.2, 0.25) is 5.02 Å². The number of rotatable bonds is 8. The zero-order valence-electron chi connectivity index (χ0n) is 13.2. The molecule has 0 saturated heterocycles. The molecule has 0 aromatic heterocycles. The van der Waals surface area contributed by atoms with E-state index in [1.165, 1.54) is 0 Å². The van der Waals surface area contributed by atoms with Crippen molar-refractivity contribution in [2.75, 3.05) is 27.8 Å². The van der Waals surface area contributed by atoms with Crippen LogP contribution in [-0.4, -0.2) is 27.8 Å². The standard InChI is InChI=1S/C18H19ClO4/c1-13(14-7-4-5-10-17(14)22-11-20-2)15-8-6-9-16(19)18(15)23-12-21-3/h4-10H,1,11-12H2,2-3H3. The first-order chi connectivity index (χ1) is 11.2. The molecule has 0 unspecified atom stereocenters. The van der Waals surface area contributed by atoms with Crippen LogP contribution in [0.5, 0.6) is 11.5 Å². The summed E-state index contributed by atoms with van der Waals surface area (Å²) < 4.78 is 21.1. The van der Waals surface area contributed by atoms with Crippen molar-refractivity contribution in [3.63, 3.8) is 0 Å². The molecule has 0 saturated carbocycles. The summed E-state index contributed by atoms with van der Waals surface area (Å²) >= 11 is 6.25. The summed E-state index contributed by atoms with van der Waals surface area (Å²) in [5.74, 6) is 1.21. The molecule has 0 spiro atoms. The number of benzene rings is 2. The van der Waals surface area contributed by atoms with Gasteiger partial charge < -0.3 is 18.9 Å². The first-order valence-corrected chi connectivity index (χ1v) is 7.37. The predicted octanol–water partition coefficient (Wildman–Crippen LogP) is 4.37. The van der Waals surface area contributed by atoms with Gasteiger partial charge in [-0.05, 0) is 17.7 Å². The second-order valence-electron chi connectivity index (χ2n) is 4.69. The highest BCUT2D eigenvalue weighted by atomic mass is 35.5. The third-order valence-corrected chi connectivity index (χ3v) is 3.46. The van der Waals surface area contributed by atoms with Crippen molar-refractivity contribution in [3.8, 4) is 11.5 Å². The average Bonchev–Trinajstić information content (AvgIpc) is 2.58. The normalized spacial score (nSPS) is 10.4. The van der Waals surface area contributed by atoms with Gasteiger partial charge in [-0.1, -0.05) is 48.5 Å². The number of hydrogen-bond donors (Lipinski definition) is 0. The van der Waals surface area contributed by atoms with E-state index in [4.69, 9.17) is 30.5 Å². The fourth-order valence-electron chi connectivity index (χ4n) is 2.12. The van der Waals surface area contributed by atoms with Crippen LogP contribution in [0.25, 0.3) is 5.57 Å². The molecule has 122 valence electrons. The van der Waals surface area contributed by atoms with Gasteiger partial charge in [0.15, 0.2) is 13.6 Å². The van der Waals surface area contributed by atoms with Crippen LogP contribution in [0.3, 0.4) is 0 Å². The van der Waals surface area contributed by atoms with Crippen molar-refractivity contribution in [1.29, 1.82) is 0 Å². The van der Waals surface area contributed by atoms with E-state index >= 15 is 0 Å². The average molecular weight is 335 g/mol. The summed E-state index contributed by atoms with van der Waals surface area (Å²) in [4.78, 5) is 0. The highest BCUT2D eigenvalue weighted by molar-refractivity contribution is 6.32. The van der Waals surface area contributed by atoms with E-state index in [-0.39, 0.29) is 13.6 Å². The van der Waals surface area contributed by atoms with Gasteiger partial charge in [-0.2, -0.15) is 0 Å². The maximum Gasteiger partial charge on any atom is 0.188 e. The van der Waals surface area contributed by atoms with Gasteiger partial charge >= 0.3 is 0 Å². The van der Waals surface area contributed by atoms with Crippen molar-refractivity contribution in [3.05, 3.63) is 65.2 Å². The molecular formula is C18H19ClO4. The van der Waals surface area contributed by atoms with E-state index in [1.807, 2.05) is 36.4 Å². The van der Waals surface area contributed by atoms with Gasteiger partial charge in [-0.25, -0.2) is 0 Å². The van der Waals surface area contributed by atoms with E-state index < -0.39 is 0 Å². The lowest BCUT2D eigenvalue weighted by Crippen LogP contribution is -2.04. The number of ether oxygens (including phenoxy) is 4. The minimum Gasteiger partial charge on any atom is -0.467 e. The monoisotopic (exact) mass is 334 g/mol. The van der Waals surface area contributed by atoms with Gasteiger partial charge in [-0.3, -0.25) is 0 Å². The molecule has 0 aliphatic carbocycles. The van der Waals surface area contributed by atoms with Crippen LogP contribution in [0, 0.1) is 0 Å². The molecule has 2 rings (SSSR count). The number of halogens is 1. The van der Waals surface area contributed by atoms with E-state index in [0.29, 0.717) is 16.5 Å². The Morgan fingerprint density at radius 2 is 1.57 bits per heavy atom. The molecule has 23 heavy (non-hydrogen) atoms. The molecule has 2 aromatic rings. The fourth-order valence-corrected chi connectivity index (χ4v) is 2.35. The number of methoxy groups -OCH3 is 2. The fraction of sp³-hybridized carbons (Fsp3) is 0.222. The van der Waals surface area contributed by atoms with Crippen molar-refractivity contribution < 1.29 is 18.9 Å². The van der Waals surface area contributed by atoms with Crippen LogP contribution >= 0.6 is 11.6 Å². The zero-order chi connectivity index (χ0) is 16.7. The molecule has 4 nitrogen and oxygen atoms in total. The quantitative estimate of drug-likeness (QED) is 0.672. The second kappa shape index (κ2) is 8.58. The maximum atomic E-state index is 6.25. The highest BCUT2D eigenvalue weighted by Crippen LogP contribution is 2.38. The Kier molecular flexibility index (Phi) is 6.47. The van der Waals surface area contributed by atoms with Crippen LogP contribution in [0.15, 0.2) is 49.0 Å². The van der Waals surface area contributed by atoms with Crippen molar-refractivity contribution in [1.82, 2.24) is 0 Å². The summed E-state index contributed by atoms with van der Waals surface area (Å²) in [5, 5.41) is 0.496. The van der Waals surface area contributed by atoms with E-state index in [1.54, 1.807) is 20.3 Å². The summed E-state index contributed by atoms with van der Waals surface area (Å²) in [6.07, 6.45) is 0. The number of para-hydroxylation sites is 2. The Hall–Kier alpha value is -2.01. The molecule has 0 N–H and O–H groups in total. The van der Waals surface area contributed by atoms with Crippen LogP contribution in [-0.2, 0) is 9.47 Å². The van der Waals surface area contributed by atoms with Crippen LogP contribution in [0.1, 0.15) is 11.1 Å². The Bertz CT molecular complexity index is 670. The van der Waals surface area contributed by atoms with Crippen molar-refractivity contribution >= 4 is 17.2 Å². The Morgan fingerprint density at radius 3 is 2.30 bits per heavy atom. The zero-order valence-corrected chi connectivity index (χ0v) is 13.9.